The number of likely N-dealkylation sites (tertiary alicyclic amines) is 1. The summed E-state index contributed by atoms with van der Waals surface area (Å²) < 4.78 is 10.5. The van der Waals surface area contributed by atoms with Crippen LogP contribution in [-0.2, 0) is 11.3 Å². The van der Waals surface area contributed by atoms with E-state index in [1.165, 1.54) is 18.4 Å². The van der Waals surface area contributed by atoms with E-state index in [9.17, 15) is 0 Å². The highest BCUT2D eigenvalue weighted by Gasteiger charge is 2.23. The molecule has 7 nitrogen and oxygen atoms in total. The van der Waals surface area contributed by atoms with Gasteiger partial charge in [0, 0.05) is 39.5 Å². The van der Waals surface area contributed by atoms with Crippen LogP contribution in [0, 0.1) is 0 Å². The third kappa shape index (κ3) is 6.71. The van der Waals surface area contributed by atoms with E-state index in [-0.39, 0.29) is 0 Å². The van der Waals surface area contributed by atoms with Crippen LogP contribution in [-0.4, -0.2) is 62.8 Å². The average molecular weight is 412 g/mol. The summed E-state index contributed by atoms with van der Waals surface area (Å²) in [7, 11) is 3.45. The first-order valence-corrected chi connectivity index (χ1v) is 10.6. The number of aliphatic imine (C=N–C) groups is 1. The van der Waals surface area contributed by atoms with E-state index in [4.69, 9.17) is 9.47 Å². The quantitative estimate of drug-likeness (QED) is 0.356. The van der Waals surface area contributed by atoms with Crippen LogP contribution in [0.3, 0.4) is 0 Å². The van der Waals surface area contributed by atoms with Crippen molar-refractivity contribution in [2.45, 2.75) is 25.4 Å². The summed E-state index contributed by atoms with van der Waals surface area (Å²) in [5, 5.41) is 6.87. The smallest absolute Gasteiger partial charge is 0.213 e. The zero-order valence-electron chi connectivity index (χ0n) is 18.0. The normalized spacial score (nSPS) is 15.7. The van der Waals surface area contributed by atoms with Gasteiger partial charge in [0.05, 0.1) is 12.6 Å². The third-order valence-corrected chi connectivity index (χ3v) is 5.25. The zero-order chi connectivity index (χ0) is 21.0. The van der Waals surface area contributed by atoms with Gasteiger partial charge < -0.3 is 20.1 Å². The summed E-state index contributed by atoms with van der Waals surface area (Å²) in [6.45, 7) is 4.81. The monoisotopic (exact) mass is 411 g/mol. The minimum absolute atomic E-state index is 0.345. The number of nitrogens with one attached hydrogen (secondary N) is 2. The Hall–Kier alpha value is -2.64. The molecule has 0 aliphatic carbocycles. The maximum absolute atomic E-state index is 5.51. The lowest BCUT2D eigenvalue weighted by molar-refractivity contribution is 0.143. The molecule has 7 heteroatoms. The van der Waals surface area contributed by atoms with Gasteiger partial charge in [0.1, 0.15) is 6.61 Å². The molecule has 0 bridgehead atoms. The number of hydrogen-bond donors (Lipinski definition) is 2. The van der Waals surface area contributed by atoms with Crippen molar-refractivity contribution in [1.82, 2.24) is 20.5 Å². The molecular formula is C23H33N5O2. The second-order valence-corrected chi connectivity index (χ2v) is 7.32. The summed E-state index contributed by atoms with van der Waals surface area (Å²) in [6, 6.07) is 14.9. The van der Waals surface area contributed by atoms with Gasteiger partial charge in [-0.15, -0.1) is 0 Å². The second kappa shape index (κ2) is 12.1. The van der Waals surface area contributed by atoms with E-state index in [2.05, 4.69) is 55.8 Å². The third-order valence-electron chi connectivity index (χ3n) is 5.25. The molecule has 1 aliphatic heterocycles. The van der Waals surface area contributed by atoms with Gasteiger partial charge in [-0.05, 0) is 37.1 Å². The minimum atomic E-state index is 0.345. The topological polar surface area (TPSA) is 71.0 Å². The van der Waals surface area contributed by atoms with E-state index in [1.807, 2.05) is 18.3 Å². The molecule has 0 radical (unpaired) electrons. The number of pyridine rings is 1. The van der Waals surface area contributed by atoms with Gasteiger partial charge in [-0.3, -0.25) is 9.89 Å². The summed E-state index contributed by atoms with van der Waals surface area (Å²) in [4.78, 5) is 11.3. The SMILES string of the molecule is CN=C(NCc1ccc(OCCOC)nc1)NCC(c1ccccc1)N1CCCC1. The molecule has 0 saturated carbocycles. The first-order valence-electron chi connectivity index (χ1n) is 10.6. The molecule has 162 valence electrons. The molecule has 0 spiro atoms. The number of rotatable bonds is 10. The van der Waals surface area contributed by atoms with E-state index in [0.717, 1.165) is 31.2 Å². The van der Waals surface area contributed by atoms with Crippen molar-refractivity contribution in [3.63, 3.8) is 0 Å². The lowest BCUT2D eigenvalue weighted by atomic mass is 10.1. The molecule has 2 aromatic rings. The predicted octanol–water partition coefficient (Wildman–Crippen LogP) is 2.61. The molecule has 1 aliphatic rings. The van der Waals surface area contributed by atoms with Crippen molar-refractivity contribution >= 4 is 5.96 Å². The Kier molecular flexibility index (Phi) is 8.93. The van der Waals surface area contributed by atoms with Crippen molar-refractivity contribution in [2.75, 3.05) is 47.0 Å². The van der Waals surface area contributed by atoms with Gasteiger partial charge in [0.15, 0.2) is 5.96 Å². The molecule has 1 atom stereocenters. The highest BCUT2D eigenvalue weighted by molar-refractivity contribution is 5.79. The van der Waals surface area contributed by atoms with Crippen LogP contribution in [0.25, 0.3) is 0 Å². The zero-order valence-corrected chi connectivity index (χ0v) is 18.0. The number of methoxy groups -OCH3 is 1. The molecule has 1 aromatic carbocycles. The van der Waals surface area contributed by atoms with E-state index >= 15 is 0 Å². The van der Waals surface area contributed by atoms with Crippen LogP contribution in [0.1, 0.15) is 30.0 Å². The predicted molar refractivity (Wildman–Crippen MR) is 120 cm³/mol. The van der Waals surface area contributed by atoms with Crippen molar-refractivity contribution in [2.24, 2.45) is 4.99 Å². The van der Waals surface area contributed by atoms with E-state index in [1.54, 1.807) is 14.2 Å². The molecule has 1 fully saturated rings. The molecule has 1 saturated heterocycles. The highest BCUT2D eigenvalue weighted by atomic mass is 16.5. The van der Waals surface area contributed by atoms with Gasteiger partial charge in [-0.2, -0.15) is 0 Å². The van der Waals surface area contributed by atoms with Crippen LogP contribution in [0.15, 0.2) is 53.7 Å². The largest absolute Gasteiger partial charge is 0.475 e. The molecule has 2 heterocycles. The number of hydrogen-bond acceptors (Lipinski definition) is 5. The summed E-state index contributed by atoms with van der Waals surface area (Å²) in [5.41, 5.74) is 2.41. The van der Waals surface area contributed by atoms with Gasteiger partial charge in [-0.25, -0.2) is 4.98 Å². The van der Waals surface area contributed by atoms with E-state index in [0.29, 0.717) is 31.7 Å². The summed E-state index contributed by atoms with van der Waals surface area (Å²) >= 11 is 0. The molecular weight excluding hydrogens is 378 g/mol. The maximum Gasteiger partial charge on any atom is 0.213 e. The van der Waals surface area contributed by atoms with Crippen molar-refractivity contribution in [1.29, 1.82) is 0 Å². The average Bonchev–Trinajstić information content (AvgIpc) is 3.32. The summed E-state index contributed by atoms with van der Waals surface area (Å²) in [5.74, 6) is 1.39. The Morgan fingerprint density at radius 2 is 1.90 bits per heavy atom. The molecule has 30 heavy (non-hydrogen) atoms. The molecule has 1 aromatic heterocycles. The number of ether oxygens (including phenoxy) is 2. The molecule has 2 N–H and O–H groups in total. The minimum Gasteiger partial charge on any atom is -0.475 e. The van der Waals surface area contributed by atoms with Gasteiger partial charge in [0.25, 0.3) is 0 Å². The number of nitrogens with zero attached hydrogens (tertiary/aromatic N) is 3. The van der Waals surface area contributed by atoms with Crippen LogP contribution < -0.4 is 15.4 Å². The highest BCUT2D eigenvalue weighted by Crippen LogP contribution is 2.24. The lowest BCUT2D eigenvalue weighted by Gasteiger charge is -2.29. The van der Waals surface area contributed by atoms with Gasteiger partial charge >= 0.3 is 0 Å². The molecule has 3 rings (SSSR count). The Balaban J connectivity index is 1.51. The Labute approximate surface area is 179 Å². The maximum atomic E-state index is 5.51. The second-order valence-electron chi connectivity index (χ2n) is 7.32. The van der Waals surface area contributed by atoms with Gasteiger partial charge in [-0.1, -0.05) is 36.4 Å². The molecule has 0 amide bonds. The first-order chi connectivity index (χ1) is 14.8. The fourth-order valence-electron chi connectivity index (χ4n) is 3.62. The summed E-state index contributed by atoms with van der Waals surface area (Å²) in [6.07, 6.45) is 4.36. The van der Waals surface area contributed by atoms with Crippen LogP contribution in [0.2, 0.25) is 0 Å². The molecule has 1 unspecified atom stereocenters. The van der Waals surface area contributed by atoms with Gasteiger partial charge in [0.2, 0.25) is 5.88 Å². The van der Waals surface area contributed by atoms with Crippen molar-refractivity contribution < 1.29 is 9.47 Å². The fourth-order valence-corrected chi connectivity index (χ4v) is 3.62. The van der Waals surface area contributed by atoms with Crippen LogP contribution in [0.4, 0.5) is 0 Å². The van der Waals surface area contributed by atoms with E-state index < -0.39 is 0 Å². The fraction of sp³-hybridized carbons (Fsp3) is 0.478. The van der Waals surface area contributed by atoms with Crippen molar-refractivity contribution in [3.05, 3.63) is 59.8 Å². The lowest BCUT2D eigenvalue weighted by Crippen LogP contribution is -2.42. The van der Waals surface area contributed by atoms with Crippen LogP contribution in [0.5, 0.6) is 5.88 Å². The Bertz CT molecular complexity index is 761. The number of guanidine groups is 1. The van der Waals surface area contributed by atoms with Crippen LogP contribution >= 0.6 is 0 Å². The van der Waals surface area contributed by atoms with Crippen molar-refractivity contribution in [3.8, 4) is 5.88 Å². The number of benzene rings is 1. The standard InChI is InChI=1S/C23H33N5O2/c1-24-23(26-17-19-10-11-22(25-16-19)30-15-14-29-2)27-18-21(28-12-6-7-13-28)20-8-4-3-5-9-20/h3-5,8-11,16,21H,6-7,12-15,17-18H2,1-2H3,(H2,24,26,27). The number of aromatic nitrogens is 1. The first kappa shape index (κ1) is 22.1. The Morgan fingerprint density at radius 1 is 1.10 bits per heavy atom. The Morgan fingerprint density at radius 3 is 2.57 bits per heavy atom.